The summed E-state index contributed by atoms with van der Waals surface area (Å²) in [7, 11) is 0. The lowest BCUT2D eigenvalue weighted by atomic mass is 10.0. The van der Waals surface area contributed by atoms with Crippen molar-refractivity contribution in [2.24, 2.45) is 5.92 Å². The van der Waals surface area contributed by atoms with E-state index in [0.29, 0.717) is 0 Å². The second-order valence-corrected chi connectivity index (χ2v) is 7.60. The number of hydrogen-bond acceptors (Lipinski definition) is 3. The molecule has 0 bridgehead atoms. The summed E-state index contributed by atoms with van der Waals surface area (Å²) in [5.74, 6) is 0.843. The minimum Gasteiger partial charge on any atom is -0.361 e. The standard InChI is InChI=1S/C16H23BrN2S/c1-12(2)7-5-3-4-6-10-18-16-19-14-9-8-13(17)11-15(14)20-16/h8-9,11-12H,3-7,10H2,1-2H3,(H,18,19). The smallest absolute Gasteiger partial charge is 0.183 e. The Morgan fingerprint density at radius 1 is 1.20 bits per heavy atom. The van der Waals surface area contributed by atoms with Crippen molar-refractivity contribution in [3.8, 4) is 0 Å². The fourth-order valence-electron chi connectivity index (χ4n) is 2.20. The van der Waals surface area contributed by atoms with Gasteiger partial charge in [-0.25, -0.2) is 4.98 Å². The molecule has 0 atom stereocenters. The first-order valence-corrected chi connectivity index (χ1v) is 9.06. The molecule has 2 aromatic rings. The lowest BCUT2D eigenvalue weighted by Crippen LogP contribution is -2.00. The van der Waals surface area contributed by atoms with Crippen molar-refractivity contribution in [3.63, 3.8) is 0 Å². The third-order valence-electron chi connectivity index (χ3n) is 3.33. The Kier molecular flexibility index (Phi) is 6.30. The van der Waals surface area contributed by atoms with Crippen LogP contribution in [0.1, 0.15) is 46.0 Å². The maximum Gasteiger partial charge on any atom is 0.183 e. The molecular formula is C16H23BrN2S. The van der Waals surface area contributed by atoms with E-state index in [2.05, 4.69) is 52.2 Å². The third kappa shape index (κ3) is 5.06. The van der Waals surface area contributed by atoms with Crippen molar-refractivity contribution in [2.75, 3.05) is 11.9 Å². The summed E-state index contributed by atoms with van der Waals surface area (Å²) in [6, 6.07) is 6.23. The molecular weight excluding hydrogens is 332 g/mol. The van der Waals surface area contributed by atoms with Crippen LogP contribution in [0.4, 0.5) is 5.13 Å². The Bertz CT molecular complexity index is 536. The van der Waals surface area contributed by atoms with Crippen LogP contribution in [-0.2, 0) is 0 Å². The van der Waals surface area contributed by atoms with Gasteiger partial charge in [-0.3, -0.25) is 0 Å². The lowest BCUT2D eigenvalue weighted by molar-refractivity contribution is 0.523. The van der Waals surface area contributed by atoms with Gasteiger partial charge in [-0.2, -0.15) is 0 Å². The molecule has 0 spiro atoms. The fraction of sp³-hybridized carbons (Fsp3) is 0.562. The van der Waals surface area contributed by atoms with Crippen molar-refractivity contribution in [3.05, 3.63) is 22.7 Å². The molecule has 4 heteroatoms. The molecule has 0 amide bonds. The maximum atomic E-state index is 4.60. The van der Waals surface area contributed by atoms with Crippen LogP contribution in [0.15, 0.2) is 22.7 Å². The molecule has 0 unspecified atom stereocenters. The van der Waals surface area contributed by atoms with Crippen LogP contribution in [0.5, 0.6) is 0 Å². The topological polar surface area (TPSA) is 24.9 Å². The van der Waals surface area contributed by atoms with Gasteiger partial charge in [0.25, 0.3) is 0 Å². The van der Waals surface area contributed by atoms with E-state index in [0.717, 1.165) is 27.6 Å². The Morgan fingerprint density at radius 3 is 2.80 bits per heavy atom. The Labute approximate surface area is 134 Å². The molecule has 0 fully saturated rings. The summed E-state index contributed by atoms with van der Waals surface area (Å²) in [4.78, 5) is 4.60. The second kappa shape index (κ2) is 7.99. The van der Waals surface area contributed by atoms with Crippen molar-refractivity contribution in [2.45, 2.75) is 46.0 Å². The first kappa shape index (κ1) is 15.8. The Balaban J connectivity index is 1.68. The van der Waals surface area contributed by atoms with Crippen molar-refractivity contribution in [1.29, 1.82) is 0 Å². The van der Waals surface area contributed by atoms with Gasteiger partial charge in [0.15, 0.2) is 5.13 Å². The predicted molar refractivity (Wildman–Crippen MR) is 93.7 cm³/mol. The predicted octanol–water partition coefficient (Wildman–Crippen LogP) is 6.08. The van der Waals surface area contributed by atoms with Gasteiger partial charge in [0.2, 0.25) is 0 Å². The number of unbranched alkanes of at least 4 members (excludes halogenated alkanes) is 3. The number of thiazole rings is 1. The molecule has 2 nitrogen and oxygen atoms in total. The highest BCUT2D eigenvalue weighted by Gasteiger charge is 2.03. The van der Waals surface area contributed by atoms with E-state index < -0.39 is 0 Å². The SMILES string of the molecule is CC(C)CCCCCCNc1nc2ccc(Br)cc2s1. The number of rotatable bonds is 8. The zero-order valence-corrected chi connectivity index (χ0v) is 14.7. The summed E-state index contributed by atoms with van der Waals surface area (Å²) in [5, 5.41) is 4.49. The summed E-state index contributed by atoms with van der Waals surface area (Å²) in [6.07, 6.45) is 6.63. The van der Waals surface area contributed by atoms with Crippen LogP contribution in [-0.4, -0.2) is 11.5 Å². The first-order valence-electron chi connectivity index (χ1n) is 7.45. The van der Waals surface area contributed by atoms with Gasteiger partial charge in [-0.1, -0.05) is 66.8 Å². The molecule has 1 aromatic carbocycles. The van der Waals surface area contributed by atoms with E-state index in [9.17, 15) is 0 Å². The van der Waals surface area contributed by atoms with Crippen LogP contribution in [0.2, 0.25) is 0 Å². The zero-order chi connectivity index (χ0) is 14.4. The highest BCUT2D eigenvalue weighted by atomic mass is 79.9. The summed E-state index contributed by atoms with van der Waals surface area (Å²) < 4.78 is 2.35. The van der Waals surface area contributed by atoms with Gasteiger partial charge in [-0.15, -0.1) is 0 Å². The molecule has 0 aliphatic heterocycles. The highest BCUT2D eigenvalue weighted by Crippen LogP contribution is 2.28. The van der Waals surface area contributed by atoms with Crippen molar-refractivity contribution < 1.29 is 0 Å². The number of fused-ring (bicyclic) bond motifs is 1. The largest absolute Gasteiger partial charge is 0.361 e. The molecule has 0 aliphatic carbocycles. The number of nitrogens with one attached hydrogen (secondary N) is 1. The molecule has 0 aliphatic rings. The minimum absolute atomic E-state index is 0.843. The molecule has 1 heterocycles. The highest BCUT2D eigenvalue weighted by molar-refractivity contribution is 9.10. The number of benzene rings is 1. The second-order valence-electron chi connectivity index (χ2n) is 5.65. The number of halogens is 1. The van der Waals surface area contributed by atoms with Crippen molar-refractivity contribution >= 4 is 42.6 Å². The van der Waals surface area contributed by atoms with Crippen LogP contribution in [0.25, 0.3) is 10.2 Å². The van der Waals surface area contributed by atoms with E-state index in [-0.39, 0.29) is 0 Å². The quantitative estimate of drug-likeness (QED) is 0.581. The van der Waals surface area contributed by atoms with Crippen LogP contribution in [0, 0.1) is 5.92 Å². The fourth-order valence-corrected chi connectivity index (χ4v) is 3.64. The van der Waals surface area contributed by atoms with E-state index >= 15 is 0 Å². The van der Waals surface area contributed by atoms with Crippen LogP contribution >= 0.6 is 27.3 Å². The number of aromatic nitrogens is 1. The van der Waals surface area contributed by atoms with E-state index in [1.54, 1.807) is 11.3 Å². The molecule has 110 valence electrons. The first-order chi connectivity index (χ1) is 9.65. The van der Waals surface area contributed by atoms with Gasteiger partial charge in [0, 0.05) is 11.0 Å². The third-order valence-corrected chi connectivity index (χ3v) is 4.80. The average Bonchev–Trinajstić information content (AvgIpc) is 2.79. The summed E-state index contributed by atoms with van der Waals surface area (Å²) in [6.45, 7) is 5.63. The van der Waals surface area contributed by atoms with Crippen molar-refractivity contribution in [1.82, 2.24) is 4.98 Å². The number of nitrogens with zero attached hydrogens (tertiary/aromatic N) is 1. The van der Waals surface area contributed by atoms with Gasteiger partial charge in [0.05, 0.1) is 10.2 Å². The molecule has 0 saturated heterocycles. The summed E-state index contributed by atoms with van der Waals surface area (Å²) in [5.41, 5.74) is 1.08. The molecule has 1 aromatic heterocycles. The van der Waals surface area contributed by atoms with E-state index in [1.807, 2.05) is 6.07 Å². The lowest BCUT2D eigenvalue weighted by Gasteiger charge is -2.04. The molecule has 20 heavy (non-hydrogen) atoms. The molecule has 1 N–H and O–H groups in total. The van der Waals surface area contributed by atoms with Gasteiger partial charge in [0.1, 0.15) is 0 Å². The van der Waals surface area contributed by atoms with E-state index in [1.165, 1.54) is 36.8 Å². The minimum atomic E-state index is 0.843. The number of anilines is 1. The molecule has 0 saturated carbocycles. The molecule has 0 radical (unpaired) electrons. The van der Waals surface area contributed by atoms with Crippen LogP contribution in [0.3, 0.4) is 0 Å². The summed E-state index contributed by atoms with van der Waals surface area (Å²) >= 11 is 5.23. The van der Waals surface area contributed by atoms with E-state index in [4.69, 9.17) is 0 Å². The van der Waals surface area contributed by atoms with Gasteiger partial charge < -0.3 is 5.32 Å². The molecule has 2 rings (SSSR count). The van der Waals surface area contributed by atoms with Gasteiger partial charge >= 0.3 is 0 Å². The number of hydrogen-bond donors (Lipinski definition) is 1. The Morgan fingerprint density at radius 2 is 2.00 bits per heavy atom. The average molecular weight is 355 g/mol. The Hall–Kier alpha value is -0.610. The normalized spacial score (nSPS) is 11.4. The monoisotopic (exact) mass is 354 g/mol. The van der Waals surface area contributed by atoms with Gasteiger partial charge in [-0.05, 0) is 30.5 Å². The van der Waals surface area contributed by atoms with Crippen LogP contribution < -0.4 is 5.32 Å². The maximum absolute atomic E-state index is 4.60. The zero-order valence-electron chi connectivity index (χ0n) is 12.3.